The van der Waals surface area contributed by atoms with Crippen LogP contribution in [0.2, 0.25) is 0 Å². The van der Waals surface area contributed by atoms with Gasteiger partial charge in [-0.3, -0.25) is 10.2 Å². The number of hydrogen-bond donors (Lipinski definition) is 2. The number of halogens is 1. The highest BCUT2D eigenvalue weighted by atomic mass is 19.1. The van der Waals surface area contributed by atoms with Gasteiger partial charge in [-0.15, -0.1) is 0 Å². The number of nitrogens with zero attached hydrogens (tertiary/aromatic N) is 1. The van der Waals surface area contributed by atoms with Gasteiger partial charge in [0.1, 0.15) is 0 Å². The first-order chi connectivity index (χ1) is 8.17. The maximum atomic E-state index is 13.3. The molecule has 1 aromatic carbocycles. The number of amides is 1. The number of nitrogens with two attached hydrogens (primary N) is 1. The van der Waals surface area contributed by atoms with Crippen LogP contribution in [0.1, 0.15) is 18.4 Å². The fourth-order valence-corrected chi connectivity index (χ4v) is 1.17. The zero-order valence-electron chi connectivity index (χ0n) is 9.07. The average molecular weight is 237 g/mol. The minimum atomic E-state index is -0.590. The maximum Gasteiger partial charge on any atom is 0.234 e. The number of rotatable bonds is 5. The van der Waals surface area contributed by atoms with Crippen LogP contribution < -0.4 is 16.0 Å². The van der Waals surface area contributed by atoms with Gasteiger partial charge in [0.15, 0.2) is 11.6 Å². The van der Waals surface area contributed by atoms with E-state index < -0.39 is 5.82 Å². The molecule has 0 spiro atoms. The Kier molecular flexibility index (Phi) is 4.91. The highest BCUT2D eigenvalue weighted by molar-refractivity contribution is 5.75. The van der Waals surface area contributed by atoms with Crippen LogP contribution in [0.4, 0.5) is 4.39 Å². The number of nitrogens with one attached hydrogen (secondary N) is 1. The van der Waals surface area contributed by atoms with E-state index in [9.17, 15) is 9.18 Å². The minimum Gasteiger partial charge on any atom is -0.491 e. The van der Waals surface area contributed by atoms with E-state index >= 15 is 0 Å². The Morgan fingerprint density at radius 1 is 1.59 bits per heavy atom. The van der Waals surface area contributed by atoms with Crippen molar-refractivity contribution >= 4 is 5.91 Å². The van der Waals surface area contributed by atoms with Gasteiger partial charge >= 0.3 is 0 Å². The lowest BCUT2D eigenvalue weighted by atomic mass is 10.2. The first kappa shape index (κ1) is 12.9. The molecule has 0 aliphatic rings. The molecule has 0 aromatic heterocycles. The maximum absolute atomic E-state index is 13.3. The Morgan fingerprint density at radius 3 is 2.94 bits per heavy atom. The zero-order chi connectivity index (χ0) is 12.7. The van der Waals surface area contributed by atoms with Gasteiger partial charge in [-0.2, -0.15) is 5.26 Å². The number of hydrogen-bond acceptors (Lipinski definition) is 4. The number of carbonyl (C=O) groups excluding carboxylic acids is 1. The molecule has 1 aromatic rings. The number of nitriles is 1. The van der Waals surface area contributed by atoms with Crippen LogP contribution >= 0.6 is 0 Å². The van der Waals surface area contributed by atoms with E-state index in [0.29, 0.717) is 6.42 Å². The van der Waals surface area contributed by atoms with Gasteiger partial charge in [0.2, 0.25) is 5.91 Å². The van der Waals surface area contributed by atoms with Crippen molar-refractivity contribution < 1.29 is 13.9 Å². The lowest BCUT2D eigenvalue weighted by Crippen LogP contribution is -2.29. The van der Waals surface area contributed by atoms with Crippen molar-refractivity contribution in [3.8, 4) is 11.8 Å². The van der Waals surface area contributed by atoms with Crippen LogP contribution in [0.3, 0.4) is 0 Å². The number of carbonyl (C=O) groups is 1. The fourth-order valence-electron chi connectivity index (χ4n) is 1.17. The van der Waals surface area contributed by atoms with Gasteiger partial charge in [0, 0.05) is 6.42 Å². The van der Waals surface area contributed by atoms with Crippen molar-refractivity contribution in [1.82, 2.24) is 5.43 Å². The van der Waals surface area contributed by atoms with Gasteiger partial charge in [-0.05, 0) is 24.6 Å². The molecule has 0 unspecified atom stereocenters. The molecule has 0 bridgehead atoms. The molecule has 1 rings (SSSR count). The molecule has 0 saturated heterocycles. The minimum absolute atomic E-state index is 0.0668. The van der Waals surface area contributed by atoms with E-state index in [1.165, 1.54) is 12.1 Å². The predicted molar refractivity (Wildman–Crippen MR) is 58.2 cm³/mol. The smallest absolute Gasteiger partial charge is 0.234 e. The second kappa shape index (κ2) is 6.45. The molecule has 0 heterocycles. The summed E-state index contributed by atoms with van der Waals surface area (Å²) in [4.78, 5) is 10.8. The second-order valence-electron chi connectivity index (χ2n) is 3.28. The fraction of sp³-hybridized carbons (Fsp3) is 0.273. The molecule has 0 atom stereocenters. The molecule has 0 saturated carbocycles. The van der Waals surface area contributed by atoms with Crippen molar-refractivity contribution in [2.24, 2.45) is 5.84 Å². The van der Waals surface area contributed by atoms with Crippen molar-refractivity contribution in [3.05, 3.63) is 29.6 Å². The molecule has 3 N–H and O–H groups in total. The Balaban J connectivity index is 2.42. The van der Waals surface area contributed by atoms with Crippen LogP contribution in [0.25, 0.3) is 0 Å². The predicted octanol–water partition coefficient (Wildman–Crippen LogP) is 0.846. The third-order valence-corrected chi connectivity index (χ3v) is 2.03. The van der Waals surface area contributed by atoms with Gasteiger partial charge in [-0.1, -0.05) is 0 Å². The van der Waals surface area contributed by atoms with E-state index in [2.05, 4.69) is 0 Å². The Morgan fingerprint density at radius 2 is 2.35 bits per heavy atom. The van der Waals surface area contributed by atoms with E-state index in [0.717, 1.165) is 6.07 Å². The van der Waals surface area contributed by atoms with Crippen LogP contribution in [0.5, 0.6) is 5.75 Å². The summed E-state index contributed by atoms with van der Waals surface area (Å²) in [5, 5.41) is 8.54. The molecule has 1 amide bonds. The Hall–Kier alpha value is -2.13. The largest absolute Gasteiger partial charge is 0.491 e. The topological polar surface area (TPSA) is 88.1 Å². The molecule has 0 aliphatic carbocycles. The van der Waals surface area contributed by atoms with E-state index in [-0.39, 0.29) is 30.2 Å². The molecule has 5 nitrogen and oxygen atoms in total. The zero-order valence-corrected chi connectivity index (χ0v) is 9.07. The summed E-state index contributed by atoms with van der Waals surface area (Å²) in [6.07, 6.45) is 0.650. The molecule has 0 fully saturated rings. The Bertz CT molecular complexity index is 443. The summed E-state index contributed by atoms with van der Waals surface area (Å²) in [7, 11) is 0. The first-order valence-electron chi connectivity index (χ1n) is 4.99. The first-order valence-corrected chi connectivity index (χ1v) is 4.99. The molecular weight excluding hydrogens is 225 g/mol. The quantitative estimate of drug-likeness (QED) is 0.344. The molecule has 17 heavy (non-hydrogen) atoms. The highest BCUT2D eigenvalue weighted by Crippen LogP contribution is 2.18. The number of benzene rings is 1. The standard InChI is InChI=1S/C11H12FN3O2/c12-9-6-8(7-13)3-4-10(9)17-5-1-2-11(16)15-14/h3-4,6H,1-2,5,14H2,(H,15,16). The third kappa shape index (κ3) is 4.09. The molecule has 90 valence electrons. The molecule has 0 radical (unpaired) electrons. The van der Waals surface area contributed by atoms with E-state index in [1.807, 2.05) is 11.5 Å². The third-order valence-electron chi connectivity index (χ3n) is 2.03. The monoisotopic (exact) mass is 237 g/mol. The van der Waals surface area contributed by atoms with Gasteiger partial charge < -0.3 is 4.74 Å². The van der Waals surface area contributed by atoms with E-state index in [1.54, 1.807) is 0 Å². The summed E-state index contributed by atoms with van der Waals surface area (Å²) in [6.45, 7) is 0.205. The van der Waals surface area contributed by atoms with Gasteiger partial charge in [0.25, 0.3) is 0 Å². The molecular formula is C11H12FN3O2. The summed E-state index contributed by atoms with van der Waals surface area (Å²) in [5.74, 6) is 4.07. The normalized spacial score (nSPS) is 9.47. The summed E-state index contributed by atoms with van der Waals surface area (Å²) < 4.78 is 18.4. The highest BCUT2D eigenvalue weighted by Gasteiger charge is 2.05. The van der Waals surface area contributed by atoms with Crippen LogP contribution in [0, 0.1) is 17.1 Å². The van der Waals surface area contributed by atoms with Crippen molar-refractivity contribution in [1.29, 1.82) is 5.26 Å². The van der Waals surface area contributed by atoms with E-state index in [4.69, 9.17) is 15.8 Å². The van der Waals surface area contributed by atoms with Gasteiger partial charge in [0.05, 0.1) is 18.2 Å². The summed E-state index contributed by atoms with van der Waals surface area (Å²) >= 11 is 0. The average Bonchev–Trinajstić information content (AvgIpc) is 2.35. The van der Waals surface area contributed by atoms with Crippen LogP contribution in [0.15, 0.2) is 18.2 Å². The lowest BCUT2D eigenvalue weighted by Gasteiger charge is -2.06. The van der Waals surface area contributed by atoms with Crippen LogP contribution in [-0.2, 0) is 4.79 Å². The number of hydrazine groups is 1. The van der Waals surface area contributed by atoms with Crippen LogP contribution in [-0.4, -0.2) is 12.5 Å². The van der Waals surface area contributed by atoms with Crippen molar-refractivity contribution in [2.45, 2.75) is 12.8 Å². The molecule has 6 heteroatoms. The number of ether oxygens (including phenoxy) is 1. The van der Waals surface area contributed by atoms with Crippen molar-refractivity contribution in [2.75, 3.05) is 6.61 Å². The molecule has 0 aliphatic heterocycles. The summed E-state index contributed by atoms with van der Waals surface area (Å²) in [6, 6.07) is 5.77. The lowest BCUT2D eigenvalue weighted by molar-refractivity contribution is -0.121. The van der Waals surface area contributed by atoms with Crippen molar-refractivity contribution in [3.63, 3.8) is 0 Å². The SMILES string of the molecule is N#Cc1ccc(OCCCC(=O)NN)c(F)c1. The van der Waals surface area contributed by atoms with Gasteiger partial charge in [-0.25, -0.2) is 10.2 Å². The Labute approximate surface area is 97.9 Å². The second-order valence-corrected chi connectivity index (χ2v) is 3.28. The summed E-state index contributed by atoms with van der Waals surface area (Å²) in [5.41, 5.74) is 2.22.